The van der Waals surface area contributed by atoms with Crippen LogP contribution in [0.4, 0.5) is 0 Å². The van der Waals surface area contributed by atoms with Crippen molar-refractivity contribution in [3.8, 4) is 17.6 Å². The second kappa shape index (κ2) is 6.64. The van der Waals surface area contributed by atoms with E-state index in [1.807, 2.05) is 19.9 Å². The van der Waals surface area contributed by atoms with Gasteiger partial charge in [-0.3, -0.25) is 4.79 Å². The summed E-state index contributed by atoms with van der Waals surface area (Å²) in [6, 6.07) is 6.96. The topological polar surface area (TPSA) is 62.6 Å². The summed E-state index contributed by atoms with van der Waals surface area (Å²) in [5, 5.41) is 8.88. The van der Waals surface area contributed by atoms with Crippen LogP contribution in [-0.4, -0.2) is 37.6 Å². The molecule has 1 amide bonds. The SMILES string of the molecule is COc1cc(C#N)cc(OCC(=O)N(C)C(C)C)c1. The largest absolute Gasteiger partial charge is 0.497 e. The number of carbonyl (C=O) groups is 1. The molecule has 0 radical (unpaired) electrons. The zero-order valence-corrected chi connectivity index (χ0v) is 11.6. The fraction of sp³-hybridized carbons (Fsp3) is 0.429. The predicted molar refractivity (Wildman–Crippen MR) is 71.1 cm³/mol. The van der Waals surface area contributed by atoms with E-state index < -0.39 is 0 Å². The third-order valence-corrected chi connectivity index (χ3v) is 2.78. The Morgan fingerprint density at radius 1 is 1.37 bits per heavy atom. The third kappa shape index (κ3) is 4.18. The van der Waals surface area contributed by atoms with Gasteiger partial charge in [-0.15, -0.1) is 0 Å². The Morgan fingerprint density at radius 3 is 2.53 bits per heavy atom. The van der Waals surface area contributed by atoms with Crippen molar-refractivity contribution < 1.29 is 14.3 Å². The average molecular weight is 262 g/mol. The third-order valence-electron chi connectivity index (χ3n) is 2.78. The van der Waals surface area contributed by atoms with E-state index >= 15 is 0 Å². The molecule has 102 valence electrons. The minimum absolute atomic E-state index is 0.0628. The van der Waals surface area contributed by atoms with Gasteiger partial charge in [0.05, 0.1) is 18.7 Å². The standard InChI is InChI=1S/C14H18N2O3/c1-10(2)16(3)14(17)9-19-13-6-11(8-15)5-12(7-13)18-4/h5-7,10H,9H2,1-4H3. The highest BCUT2D eigenvalue weighted by molar-refractivity contribution is 5.77. The Balaban J connectivity index is 2.73. The molecule has 0 spiro atoms. The fourth-order valence-corrected chi connectivity index (χ4v) is 1.37. The minimum Gasteiger partial charge on any atom is -0.497 e. The molecule has 0 heterocycles. The average Bonchev–Trinajstić information content (AvgIpc) is 2.43. The Hall–Kier alpha value is -2.22. The first-order valence-corrected chi connectivity index (χ1v) is 5.95. The molecule has 5 heteroatoms. The van der Waals surface area contributed by atoms with Gasteiger partial charge in [-0.2, -0.15) is 5.26 Å². The Labute approximate surface area is 113 Å². The number of amides is 1. The number of ether oxygens (including phenoxy) is 2. The normalized spacial score (nSPS) is 9.89. The van der Waals surface area contributed by atoms with Gasteiger partial charge in [-0.25, -0.2) is 0 Å². The monoisotopic (exact) mass is 262 g/mol. The highest BCUT2D eigenvalue weighted by atomic mass is 16.5. The summed E-state index contributed by atoms with van der Waals surface area (Å²) in [6.45, 7) is 3.79. The van der Waals surface area contributed by atoms with Crippen LogP contribution in [0.2, 0.25) is 0 Å². The highest BCUT2D eigenvalue weighted by Crippen LogP contribution is 2.22. The molecule has 19 heavy (non-hydrogen) atoms. The lowest BCUT2D eigenvalue weighted by Crippen LogP contribution is -2.36. The number of nitrogens with zero attached hydrogens (tertiary/aromatic N) is 2. The number of likely N-dealkylation sites (N-methyl/N-ethyl adjacent to an activating group) is 1. The zero-order valence-electron chi connectivity index (χ0n) is 11.6. The van der Waals surface area contributed by atoms with Gasteiger partial charge in [0.2, 0.25) is 0 Å². The van der Waals surface area contributed by atoms with Crippen molar-refractivity contribution in [2.75, 3.05) is 20.8 Å². The Morgan fingerprint density at radius 2 is 2.00 bits per heavy atom. The minimum atomic E-state index is -0.115. The summed E-state index contributed by atoms with van der Waals surface area (Å²) in [7, 11) is 3.24. The zero-order chi connectivity index (χ0) is 14.4. The smallest absolute Gasteiger partial charge is 0.260 e. The molecule has 0 aliphatic carbocycles. The number of rotatable bonds is 5. The molecule has 1 aromatic carbocycles. The van der Waals surface area contributed by atoms with E-state index in [2.05, 4.69) is 0 Å². The summed E-state index contributed by atoms with van der Waals surface area (Å²) in [5.41, 5.74) is 0.430. The molecule has 0 aromatic heterocycles. The van der Waals surface area contributed by atoms with Gasteiger partial charge in [0.25, 0.3) is 5.91 Å². The van der Waals surface area contributed by atoms with Gasteiger partial charge in [-0.1, -0.05) is 0 Å². The van der Waals surface area contributed by atoms with E-state index in [9.17, 15) is 4.79 Å². The fourth-order valence-electron chi connectivity index (χ4n) is 1.37. The molecule has 0 fully saturated rings. The molecule has 0 N–H and O–H groups in total. The molecule has 1 rings (SSSR count). The summed E-state index contributed by atoms with van der Waals surface area (Å²) >= 11 is 0. The summed E-state index contributed by atoms with van der Waals surface area (Å²) in [6.07, 6.45) is 0. The van der Waals surface area contributed by atoms with Crippen LogP contribution in [0.5, 0.6) is 11.5 Å². The number of nitriles is 1. The number of methoxy groups -OCH3 is 1. The van der Waals surface area contributed by atoms with Gasteiger partial charge in [0, 0.05) is 19.2 Å². The first kappa shape index (κ1) is 14.8. The molecule has 0 saturated heterocycles. The molecule has 5 nitrogen and oxygen atoms in total. The van der Waals surface area contributed by atoms with Crippen molar-refractivity contribution in [1.29, 1.82) is 5.26 Å². The van der Waals surface area contributed by atoms with E-state index in [0.717, 1.165) is 0 Å². The second-order valence-corrected chi connectivity index (χ2v) is 4.40. The Bertz CT molecular complexity index is 492. The first-order chi connectivity index (χ1) is 8.97. The summed E-state index contributed by atoms with van der Waals surface area (Å²) in [4.78, 5) is 13.4. The van der Waals surface area contributed by atoms with Crippen LogP contribution < -0.4 is 9.47 Å². The molecular weight excluding hydrogens is 244 g/mol. The van der Waals surface area contributed by atoms with Crippen LogP contribution >= 0.6 is 0 Å². The van der Waals surface area contributed by atoms with Crippen LogP contribution in [0.25, 0.3) is 0 Å². The molecule has 0 aliphatic heterocycles. The summed E-state index contributed by atoms with van der Waals surface area (Å²) < 4.78 is 10.5. The number of hydrogen-bond donors (Lipinski definition) is 0. The van der Waals surface area contributed by atoms with Crippen molar-refractivity contribution in [1.82, 2.24) is 4.90 Å². The number of benzene rings is 1. The van der Waals surface area contributed by atoms with Crippen LogP contribution in [0.3, 0.4) is 0 Å². The van der Waals surface area contributed by atoms with Crippen molar-refractivity contribution in [2.24, 2.45) is 0 Å². The molecule has 0 aliphatic rings. The van der Waals surface area contributed by atoms with Gasteiger partial charge in [-0.05, 0) is 26.0 Å². The van der Waals surface area contributed by atoms with E-state index in [1.165, 1.54) is 7.11 Å². The van der Waals surface area contributed by atoms with Crippen LogP contribution in [0.15, 0.2) is 18.2 Å². The second-order valence-electron chi connectivity index (χ2n) is 4.40. The van der Waals surface area contributed by atoms with Crippen LogP contribution in [-0.2, 0) is 4.79 Å². The van der Waals surface area contributed by atoms with Gasteiger partial charge < -0.3 is 14.4 Å². The lowest BCUT2D eigenvalue weighted by molar-refractivity contribution is -0.133. The van der Waals surface area contributed by atoms with E-state index in [4.69, 9.17) is 14.7 Å². The van der Waals surface area contributed by atoms with E-state index in [1.54, 1.807) is 30.1 Å². The van der Waals surface area contributed by atoms with E-state index in [-0.39, 0.29) is 18.6 Å². The summed E-state index contributed by atoms with van der Waals surface area (Å²) in [5.74, 6) is 0.858. The van der Waals surface area contributed by atoms with Crippen molar-refractivity contribution in [3.05, 3.63) is 23.8 Å². The lowest BCUT2D eigenvalue weighted by Gasteiger charge is -2.21. The molecule has 0 saturated carbocycles. The van der Waals surface area contributed by atoms with Crippen molar-refractivity contribution in [2.45, 2.75) is 19.9 Å². The molecular formula is C14H18N2O3. The molecule has 0 atom stereocenters. The van der Waals surface area contributed by atoms with Gasteiger partial charge in [0.15, 0.2) is 6.61 Å². The van der Waals surface area contributed by atoms with E-state index in [0.29, 0.717) is 17.1 Å². The van der Waals surface area contributed by atoms with Crippen LogP contribution in [0, 0.1) is 11.3 Å². The maximum absolute atomic E-state index is 11.8. The number of carbonyl (C=O) groups excluding carboxylic acids is 1. The maximum atomic E-state index is 11.8. The van der Waals surface area contributed by atoms with Gasteiger partial charge in [0.1, 0.15) is 11.5 Å². The maximum Gasteiger partial charge on any atom is 0.260 e. The Kier molecular flexibility index (Phi) is 5.19. The highest BCUT2D eigenvalue weighted by Gasteiger charge is 2.13. The van der Waals surface area contributed by atoms with Crippen molar-refractivity contribution in [3.63, 3.8) is 0 Å². The predicted octanol–water partition coefficient (Wildman–Crippen LogP) is 1.81. The van der Waals surface area contributed by atoms with Crippen LogP contribution in [0.1, 0.15) is 19.4 Å². The molecule has 1 aromatic rings. The lowest BCUT2D eigenvalue weighted by atomic mass is 10.2. The first-order valence-electron chi connectivity index (χ1n) is 5.95. The molecule has 0 bridgehead atoms. The number of hydrogen-bond acceptors (Lipinski definition) is 4. The molecule has 0 unspecified atom stereocenters. The quantitative estimate of drug-likeness (QED) is 0.812. The van der Waals surface area contributed by atoms with Gasteiger partial charge >= 0.3 is 0 Å². The van der Waals surface area contributed by atoms with Crippen molar-refractivity contribution >= 4 is 5.91 Å².